The number of hydrogen-bond acceptors (Lipinski definition) is 6. The highest BCUT2D eigenvalue weighted by atomic mass is 32.2. The van der Waals surface area contributed by atoms with Crippen LogP contribution in [0.4, 0.5) is 5.69 Å². The third kappa shape index (κ3) is 2.97. The van der Waals surface area contributed by atoms with E-state index in [2.05, 4.69) is 15.2 Å². The maximum absolute atomic E-state index is 12.0. The largest absolute Gasteiger partial charge is 0.398 e. The van der Waals surface area contributed by atoms with Crippen molar-refractivity contribution in [3.63, 3.8) is 0 Å². The molecular formula is C12H13N5O2S. The number of nitrogens with two attached hydrogens (primary N) is 2. The number of amides is 1. The third-order valence-corrected chi connectivity index (χ3v) is 3.57. The molecule has 104 valence electrons. The lowest BCUT2D eigenvalue weighted by Gasteiger charge is -2.06. The van der Waals surface area contributed by atoms with Crippen molar-refractivity contribution in [1.29, 1.82) is 0 Å². The zero-order chi connectivity index (χ0) is 14.7. The Hall–Kier alpha value is -2.35. The zero-order valence-electron chi connectivity index (χ0n) is 10.7. The summed E-state index contributed by atoms with van der Waals surface area (Å²) in [5.41, 5.74) is 11.6. The molecule has 0 unspecified atom stereocenters. The van der Waals surface area contributed by atoms with Crippen LogP contribution in [0.25, 0.3) is 11.3 Å². The van der Waals surface area contributed by atoms with Crippen LogP contribution < -0.4 is 17.0 Å². The maximum Gasteiger partial charge on any atom is 0.278 e. The fourth-order valence-corrected chi connectivity index (χ4v) is 2.18. The van der Waals surface area contributed by atoms with Gasteiger partial charge in [0, 0.05) is 11.3 Å². The number of primary amides is 1. The predicted molar refractivity (Wildman–Crippen MR) is 77.0 cm³/mol. The molecule has 8 heteroatoms. The highest BCUT2D eigenvalue weighted by molar-refractivity contribution is 8.00. The number of aromatic amines is 1. The zero-order valence-corrected chi connectivity index (χ0v) is 11.5. The van der Waals surface area contributed by atoms with Crippen molar-refractivity contribution < 1.29 is 4.79 Å². The Bertz CT molecular complexity index is 700. The van der Waals surface area contributed by atoms with Crippen LogP contribution in [0.2, 0.25) is 0 Å². The molecule has 0 aliphatic carbocycles. The maximum atomic E-state index is 12.0. The first kappa shape index (κ1) is 14.1. The van der Waals surface area contributed by atoms with Crippen LogP contribution in [-0.4, -0.2) is 26.3 Å². The van der Waals surface area contributed by atoms with E-state index >= 15 is 0 Å². The number of thioether (sulfide) groups is 1. The number of carbonyl (C=O) groups is 1. The Balaban J connectivity index is 2.34. The highest BCUT2D eigenvalue weighted by Gasteiger charge is 2.15. The summed E-state index contributed by atoms with van der Waals surface area (Å²) < 4.78 is 0. The van der Waals surface area contributed by atoms with Crippen molar-refractivity contribution >= 4 is 23.4 Å². The van der Waals surface area contributed by atoms with E-state index in [4.69, 9.17) is 11.5 Å². The summed E-state index contributed by atoms with van der Waals surface area (Å²) in [6, 6.07) is 6.88. The molecule has 0 spiro atoms. The van der Waals surface area contributed by atoms with Crippen molar-refractivity contribution in [1.82, 2.24) is 15.2 Å². The van der Waals surface area contributed by atoms with Gasteiger partial charge >= 0.3 is 0 Å². The second kappa shape index (κ2) is 5.74. The van der Waals surface area contributed by atoms with Gasteiger partial charge < -0.3 is 11.5 Å². The summed E-state index contributed by atoms with van der Waals surface area (Å²) in [4.78, 5) is 25.5. The van der Waals surface area contributed by atoms with Crippen LogP contribution in [0.3, 0.4) is 0 Å². The standard InChI is InChI=1S/C12H13N5O2S/c1-6(10(14)18)20-12-15-11(19)9(16-17-12)7-4-2-3-5-8(7)13/h2-6H,13H2,1H3,(H2,14,18)(H,15,17,19)/t6-/m0/s1. The van der Waals surface area contributed by atoms with Crippen molar-refractivity contribution in [3.05, 3.63) is 34.6 Å². The number of benzene rings is 1. The van der Waals surface area contributed by atoms with E-state index in [-0.39, 0.29) is 10.9 Å². The van der Waals surface area contributed by atoms with Crippen molar-refractivity contribution in [2.75, 3.05) is 5.73 Å². The molecule has 2 rings (SSSR count). The average molecular weight is 291 g/mol. The number of carbonyl (C=O) groups excluding carboxylic acids is 1. The molecule has 0 saturated heterocycles. The SMILES string of the molecule is C[C@H](Sc1nnc(-c2ccccc2N)c(=O)[nH]1)C(N)=O. The van der Waals surface area contributed by atoms with Crippen LogP contribution in [0.1, 0.15) is 6.92 Å². The Kier molecular flexibility index (Phi) is 4.04. The number of rotatable bonds is 4. The van der Waals surface area contributed by atoms with Gasteiger partial charge in [0.2, 0.25) is 5.91 Å². The average Bonchev–Trinajstić information content (AvgIpc) is 2.40. The monoisotopic (exact) mass is 291 g/mol. The topological polar surface area (TPSA) is 128 Å². The van der Waals surface area contributed by atoms with Gasteiger partial charge in [0.15, 0.2) is 10.9 Å². The van der Waals surface area contributed by atoms with Crippen molar-refractivity contribution in [2.24, 2.45) is 5.73 Å². The molecule has 1 atom stereocenters. The van der Waals surface area contributed by atoms with E-state index in [0.717, 1.165) is 11.8 Å². The number of aromatic nitrogens is 3. The number of hydrogen-bond donors (Lipinski definition) is 3. The number of nitrogen functional groups attached to an aromatic ring is 1. The summed E-state index contributed by atoms with van der Waals surface area (Å²) in [7, 11) is 0. The predicted octanol–water partition coefficient (Wildman–Crippen LogP) is 0.380. The summed E-state index contributed by atoms with van der Waals surface area (Å²) >= 11 is 1.04. The van der Waals surface area contributed by atoms with E-state index in [1.165, 1.54) is 0 Å². The highest BCUT2D eigenvalue weighted by Crippen LogP contribution is 2.21. The van der Waals surface area contributed by atoms with Crippen LogP contribution in [0.5, 0.6) is 0 Å². The number of anilines is 1. The lowest BCUT2D eigenvalue weighted by atomic mass is 10.1. The Morgan fingerprint density at radius 2 is 2.05 bits per heavy atom. The first-order valence-corrected chi connectivity index (χ1v) is 6.65. The normalized spacial score (nSPS) is 12.1. The van der Waals surface area contributed by atoms with Crippen LogP contribution >= 0.6 is 11.8 Å². The second-order valence-corrected chi connectivity index (χ2v) is 5.39. The lowest BCUT2D eigenvalue weighted by Crippen LogP contribution is -2.24. The Morgan fingerprint density at radius 1 is 1.35 bits per heavy atom. The van der Waals surface area contributed by atoms with Gasteiger partial charge in [-0.3, -0.25) is 14.6 Å². The molecular weight excluding hydrogens is 278 g/mol. The van der Waals surface area contributed by atoms with Gasteiger partial charge in [0.05, 0.1) is 5.25 Å². The van der Waals surface area contributed by atoms with Crippen molar-refractivity contribution in [3.8, 4) is 11.3 Å². The van der Waals surface area contributed by atoms with E-state index in [1.54, 1.807) is 31.2 Å². The molecule has 1 heterocycles. The van der Waals surface area contributed by atoms with Crippen LogP contribution in [-0.2, 0) is 4.79 Å². The molecule has 20 heavy (non-hydrogen) atoms. The molecule has 0 bridgehead atoms. The molecule has 0 aliphatic heterocycles. The lowest BCUT2D eigenvalue weighted by molar-refractivity contribution is -0.117. The van der Waals surface area contributed by atoms with Gasteiger partial charge in [0.25, 0.3) is 5.56 Å². The van der Waals surface area contributed by atoms with Gasteiger partial charge in [0.1, 0.15) is 0 Å². The molecule has 2 aromatic rings. The smallest absolute Gasteiger partial charge is 0.278 e. The van der Waals surface area contributed by atoms with Crippen molar-refractivity contribution in [2.45, 2.75) is 17.3 Å². The van der Waals surface area contributed by atoms with Gasteiger partial charge in [-0.05, 0) is 13.0 Å². The fourth-order valence-electron chi connectivity index (χ4n) is 1.49. The quantitative estimate of drug-likeness (QED) is 0.552. The minimum absolute atomic E-state index is 0.138. The molecule has 7 nitrogen and oxygen atoms in total. The Labute approximate surface area is 118 Å². The summed E-state index contributed by atoms with van der Waals surface area (Å²) in [5, 5.41) is 7.48. The van der Waals surface area contributed by atoms with Gasteiger partial charge in [-0.2, -0.15) is 0 Å². The fraction of sp³-hybridized carbons (Fsp3) is 0.167. The summed E-state index contributed by atoms with van der Waals surface area (Å²) in [6.45, 7) is 1.62. The first-order chi connectivity index (χ1) is 9.49. The molecule has 0 radical (unpaired) electrons. The third-order valence-electron chi connectivity index (χ3n) is 2.58. The van der Waals surface area contributed by atoms with Crippen LogP contribution in [0, 0.1) is 0 Å². The molecule has 1 aromatic heterocycles. The second-order valence-electron chi connectivity index (χ2n) is 4.06. The first-order valence-electron chi connectivity index (χ1n) is 5.77. The molecule has 0 aliphatic rings. The molecule has 1 amide bonds. The minimum Gasteiger partial charge on any atom is -0.398 e. The molecule has 5 N–H and O–H groups in total. The van der Waals surface area contributed by atoms with E-state index < -0.39 is 16.7 Å². The number of nitrogens with zero attached hydrogens (tertiary/aromatic N) is 2. The summed E-state index contributed by atoms with van der Waals surface area (Å²) in [6.07, 6.45) is 0. The minimum atomic E-state index is -0.507. The number of nitrogens with one attached hydrogen (secondary N) is 1. The van der Waals surface area contributed by atoms with Gasteiger partial charge in [-0.15, -0.1) is 10.2 Å². The summed E-state index contributed by atoms with van der Waals surface area (Å²) in [5.74, 6) is -0.492. The van der Waals surface area contributed by atoms with E-state index in [0.29, 0.717) is 11.3 Å². The number of H-pyrrole nitrogens is 1. The molecule has 0 saturated carbocycles. The molecule has 0 fully saturated rings. The van der Waals surface area contributed by atoms with Gasteiger partial charge in [-0.1, -0.05) is 30.0 Å². The van der Waals surface area contributed by atoms with Crippen LogP contribution in [0.15, 0.2) is 34.2 Å². The number of para-hydroxylation sites is 1. The van der Waals surface area contributed by atoms with Gasteiger partial charge in [-0.25, -0.2) is 0 Å². The Morgan fingerprint density at radius 3 is 2.65 bits per heavy atom. The van der Waals surface area contributed by atoms with E-state index in [9.17, 15) is 9.59 Å². The van der Waals surface area contributed by atoms with E-state index in [1.807, 2.05) is 0 Å². The molecule has 1 aromatic carbocycles.